The molecule has 0 rings (SSSR count). The van der Waals surface area contributed by atoms with Crippen LogP contribution in [0.4, 0.5) is 0 Å². The van der Waals surface area contributed by atoms with Crippen LogP contribution in [0.3, 0.4) is 0 Å². The van der Waals surface area contributed by atoms with E-state index in [4.69, 9.17) is 18.5 Å². The van der Waals surface area contributed by atoms with Gasteiger partial charge in [0.15, 0.2) is 6.10 Å². The van der Waals surface area contributed by atoms with Gasteiger partial charge in [0.2, 0.25) is 0 Å². The third-order valence-electron chi connectivity index (χ3n) is 14.1. The van der Waals surface area contributed by atoms with E-state index in [2.05, 4.69) is 13.8 Å². The van der Waals surface area contributed by atoms with Crippen LogP contribution < -0.4 is 0 Å². The van der Waals surface area contributed by atoms with Gasteiger partial charge in [-0.25, -0.2) is 4.57 Å². The van der Waals surface area contributed by atoms with Gasteiger partial charge in [-0.2, -0.15) is 0 Å². The first-order valence-corrected chi connectivity index (χ1v) is 32.3. The van der Waals surface area contributed by atoms with Crippen LogP contribution in [0.25, 0.3) is 0 Å². The summed E-state index contributed by atoms with van der Waals surface area (Å²) in [6, 6.07) is 0. The van der Waals surface area contributed by atoms with Crippen molar-refractivity contribution < 1.29 is 42.1 Å². The van der Waals surface area contributed by atoms with Crippen LogP contribution in [0.2, 0.25) is 0 Å². The van der Waals surface area contributed by atoms with E-state index in [-0.39, 0.29) is 25.6 Å². The Morgan fingerprint density at radius 3 is 0.914 bits per heavy atom. The van der Waals surface area contributed by atoms with Crippen molar-refractivity contribution in [1.29, 1.82) is 0 Å². The average molecular weight is 1020 g/mol. The summed E-state index contributed by atoms with van der Waals surface area (Å²) in [6.07, 6.45) is 60.7. The minimum atomic E-state index is -4.37. The van der Waals surface area contributed by atoms with E-state index in [9.17, 15) is 19.0 Å². The smallest absolute Gasteiger partial charge is 0.462 e. The molecule has 2 unspecified atom stereocenters. The topological polar surface area (TPSA) is 108 Å². The Kier molecular flexibility index (Phi) is 52.1. The largest absolute Gasteiger partial charge is 0.472 e. The summed E-state index contributed by atoms with van der Waals surface area (Å²) in [7, 11) is 1.50. The van der Waals surface area contributed by atoms with Crippen LogP contribution in [-0.2, 0) is 32.7 Å². The molecule has 0 amide bonds. The average Bonchev–Trinajstić information content (AvgIpc) is 3.32. The molecule has 0 heterocycles. The second-order valence-electron chi connectivity index (χ2n) is 22.5. The number of unbranched alkanes of at least 4 members (excludes halogenated alkanes) is 44. The Morgan fingerprint density at radius 1 is 0.386 bits per heavy atom. The number of hydrogen-bond donors (Lipinski definition) is 1. The van der Waals surface area contributed by atoms with Crippen LogP contribution in [0.1, 0.15) is 322 Å². The van der Waals surface area contributed by atoms with E-state index in [0.717, 1.165) is 38.5 Å². The first-order valence-electron chi connectivity index (χ1n) is 30.8. The summed E-state index contributed by atoms with van der Waals surface area (Å²) in [5.41, 5.74) is 0. The number of nitrogens with zero attached hydrogens (tertiary/aromatic N) is 1. The van der Waals surface area contributed by atoms with E-state index in [1.165, 1.54) is 257 Å². The van der Waals surface area contributed by atoms with Crippen molar-refractivity contribution in [1.82, 2.24) is 0 Å². The van der Waals surface area contributed by atoms with Gasteiger partial charge in [0, 0.05) is 12.8 Å². The number of ether oxygens (including phenoxy) is 2. The summed E-state index contributed by atoms with van der Waals surface area (Å²) in [4.78, 5) is 35.6. The molecule has 0 aliphatic carbocycles. The SMILES string of the molecule is CCCCCCCCCCCCCCCCCCCCCCCCCCCCCCCCCCCCC(=O)OC(COC(=O)CCCCCCCCCCCCCC)COP(=O)(O)OCC[N+](C)(C)C. The van der Waals surface area contributed by atoms with Gasteiger partial charge in [-0.05, 0) is 12.8 Å². The van der Waals surface area contributed by atoms with Crippen molar-refractivity contribution in [2.75, 3.05) is 47.5 Å². The quantitative estimate of drug-likeness (QED) is 0.0278. The Hall–Kier alpha value is -0.990. The number of phosphoric acid groups is 1. The minimum Gasteiger partial charge on any atom is -0.462 e. The second kappa shape index (κ2) is 52.9. The zero-order valence-corrected chi connectivity index (χ0v) is 48.4. The fraction of sp³-hybridized carbons (Fsp3) is 0.967. The third kappa shape index (κ3) is 56.3. The minimum absolute atomic E-state index is 0.0372. The van der Waals surface area contributed by atoms with Gasteiger partial charge in [0.1, 0.15) is 19.8 Å². The number of carbonyl (C=O) groups is 2. The van der Waals surface area contributed by atoms with E-state index in [1.807, 2.05) is 21.1 Å². The first kappa shape index (κ1) is 69.0. The van der Waals surface area contributed by atoms with Crippen molar-refractivity contribution >= 4 is 19.8 Å². The predicted octanol–water partition coefficient (Wildman–Crippen LogP) is 19.0. The molecular weight excluding hydrogens is 894 g/mol. The van der Waals surface area contributed by atoms with Crippen molar-refractivity contribution in [3.63, 3.8) is 0 Å². The molecule has 0 radical (unpaired) electrons. The molecule has 0 saturated carbocycles. The summed E-state index contributed by atoms with van der Waals surface area (Å²) in [5, 5.41) is 0. The molecule has 0 spiro atoms. The van der Waals surface area contributed by atoms with Crippen molar-refractivity contribution in [2.24, 2.45) is 0 Å². The lowest BCUT2D eigenvalue weighted by Crippen LogP contribution is -2.37. The maximum absolute atomic E-state index is 12.8. The Bertz CT molecular complexity index is 1150. The lowest BCUT2D eigenvalue weighted by Gasteiger charge is -2.24. The molecule has 0 aliphatic rings. The van der Waals surface area contributed by atoms with E-state index >= 15 is 0 Å². The van der Waals surface area contributed by atoms with Crippen LogP contribution in [0.15, 0.2) is 0 Å². The van der Waals surface area contributed by atoms with Crippen molar-refractivity contribution in [3.8, 4) is 0 Å². The summed E-state index contributed by atoms with van der Waals surface area (Å²) in [6.45, 7) is 4.49. The number of rotatable bonds is 58. The van der Waals surface area contributed by atoms with E-state index < -0.39 is 26.5 Å². The standard InChI is InChI=1S/C60H120NO8P/c1-6-8-10-12-14-16-18-20-21-22-23-24-25-26-27-28-29-30-31-32-33-34-35-36-37-38-39-40-41-43-45-47-49-51-53-60(63)69-58(57-68-70(64,65)67-55-54-61(3,4)5)56-66-59(62)52-50-48-46-44-42-19-17-15-13-11-9-7-2/h58H,6-57H2,1-5H3/p+1. The van der Waals surface area contributed by atoms with Gasteiger partial charge in [-0.1, -0.05) is 296 Å². The second-order valence-corrected chi connectivity index (χ2v) is 23.9. The van der Waals surface area contributed by atoms with Crippen LogP contribution in [0.5, 0.6) is 0 Å². The van der Waals surface area contributed by atoms with Gasteiger partial charge in [-0.15, -0.1) is 0 Å². The highest BCUT2D eigenvalue weighted by Crippen LogP contribution is 2.43. The number of phosphoric ester groups is 1. The Morgan fingerprint density at radius 2 is 0.643 bits per heavy atom. The molecule has 0 bridgehead atoms. The van der Waals surface area contributed by atoms with Gasteiger partial charge < -0.3 is 18.9 Å². The Labute approximate surface area is 435 Å². The molecule has 0 aromatic rings. The van der Waals surface area contributed by atoms with Gasteiger partial charge in [0.05, 0.1) is 27.7 Å². The summed E-state index contributed by atoms with van der Waals surface area (Å²) >= 11 is 0. The van der Waals surface area contributed by atoms with Crippen LogP contribution in [0, 0.1) is 0 Å². The number of quaternary nitrogens is 1. The van der Waals surface area contributed by atoms with Crippen LogP contribution >= 0.6 is 7.82 Å². The maximum Gasteiger partial charge on any atom is 0.472 e. The molecule has 0 aromatic heterocycles. The molecular formula is C60H121NO8P+. The zero-order valence-electron chi connectivity index (χ0n) is 47.5. The molecule has 70 heavy (non-hydrogen) atoms. The number of hydrogen-bond acceptors (Lipinski definition) is 7. The van der Waals surface area contributed by atoms with Crippen molar-refractivity contribution in [2.45, 2.75) is 328 Å². The monoisotopic (exact) mass is 1010 g/mol. The number of esters is 2. The van der Waals surface area contributed by atoms with Gasteiger partial charge in [-0.3, -0.25) is 18.6 Å². The van der Waals surface area contributed by atoms with Crippen LogP contribution in [-0.4, -0.2) is 74.9 Å². The lowest BCUT2D eigenvalue weighted by atomic mass is 10.0. The maximum atomic E-state index is 12.8. The summed E-state index contributed by atoms with van der Waals surface area (Å²) < 4.78 is 34.5. The molecule has 0 saturated heterocycles. The van der Waals surface area contributed by atoms with E-state index in [0.29, 0.717) is 17.4 Å². The van der Waals surface area contributed by atoms with Gasteiger partial charge in [0.25, 0.3) is 0 Å². The first-order chi connectivity index (χ1) is 34.0. The molecule has 10 heteroatoms. The zero-order chi connectivity index (χ0) is 51.3. The van der Waals surface area contributed by atoms with Crippen molar-refractivity contribution in [3.05, 3.63) is 0 Å². The molecule has 9 nitrogen and oxygen atoms in total. The fourth-order valence-electron chi connectivity index (χ4n) is 9.37. The highest BCUT2D eigenvalue weighted by atomic mass is 31.2. The highest BCUT2D eigenvalue weighted by molar-refractivity contribution is 7.47. The molecule has 418 valence electrons. The molecule has 2 atom stereocenters. The molecule has 1 N–H and O–H groups in total. The summed E-state index contributed by atoms with van der Waals surface area (Å²) in [5.74, 6) is -0.777. The molecule has 0 aromatic carbocycles. The Balaban J connectivity index is 3.89. The predicted molar refractivity (Wildman–Crippen MR) is 298 cm³/mol. The normalized spacial score (nSPS) is 13.2. The van der Waals surface area contributed by atoms with Gasteiger partial charge >= 0.3 is 19.8 Å². The number of carbonyl (C=O) groups excluding carboxylic acids is 2. The lowest BCUT2D eigenvalue weighted by molar-refractivity contribution is -0.870. The molecule has 0 aliphatic heterocycles. The number of likely N-dealkylation sites (N-methyl/N-ethyl adjacent to an activating group) is 1. The van der Waals surface area contributed by atoms with E-state index in [1.54, 1.807) is 0 Å². The fourth-order valence-corrected chi connectivity index (χ4v) is 10.1. The third-order valence-corrected chi connectivity index (χ3v) is 15.1. The highest BCUT2D eigenvalue weighted by Gasteiger charge is 2.27. The molecule has 0 fully saturated rings.